The molecule has 0 saturated carbocycles. The first-order valence-corrected chi connectivity index (χ1v) is 7.21. The van der Waals surface area contributed by atoms with E-state index in [1.807, 2.05) is 31.3 Å². The Morgan fingerprint density at radius 1 is 1.00 bits per heavy atom. The molecule has 0 amide bonds. The van der Waals surface area contributed by atoms with Crippen LogP contribution < -0.4 is 14.8 Å². The molecule has 5 heteroatoms. The molecule has 1 unspecified atom stereocenters. The molecule has 3 nitrogen and oxygen atoms in total. The van der Waals surface area contributed by atoms with E-state index in [1.165, 1.54) is 0 Å². The Hall–Kier alpha value is -1.42. The number of ether oxygens (including phenoxy) is 2. The first-order chi connectivity index (χ1) is 10.1. The molecule has 0 saturated heterocycles. The highest BCUT2D eigenvalue weighted by molar-refractivity contribution is 6.33. The second-order valence-electron chi connectivity index (χ2n) is 4.47. The first-order valence-electron chi connectivity index (χ1n) is 6.45. The molecule has 2 aromatic rings. The van der Waals surface area contributed by atoms with Gasteiger partial charge in [0.1, 0.15) is 0 Å². The van der Waals surface area contributed by atoms with Crippen LogP contribution in [0, 0.1) is 0 Å². The van der Waals surface area contributed by atoms with Gasteiger partial charge in [-0.3, -0.25) is 0 Å². The molecule has 0 radical (unpaired) electrons. The molecule has 0 aliphatic carbocycles. The van der Waals surface area contributed by atoms with Gasteiger partial charge in [0.05, 0.1) is 20.3 Å². The summed E-state index contributed by atoms with van der Waals surface area (Å²) in [6.07, 6.45) is 0. The molecule has 2 aromatic carbocycles. The topological polar surface area (TPSA) is 30.5 Å². The van der Waals surface area contributed by atoms with Crippen molar-refractivity contribution in [2.24, 2.45) is 0 Å². The maximum atomic E-state index is 6.32. The number of halogens is 2. The van der Waals surface area contributed by atoms with E-state index in [0.717, 1.165) is 11.1 Å². The van der Waals surface area contributed by atoms with Gasteiger partial charge in [-0.25, -0.2) is 0 Å². The van der Waals surface area contributed by atoms with Gasteiger partial charge >= 0.3 is 0 Å². The summed E-state index contributed by atoms with van der Waals surface area (Å²) in [5.41, 5.74) is 1.82. The standard InChI is InChI=1S/C16H17Cl2NO2/c1-19-15(12-9-10(17)7-8-13(12)18)11-5-4-6-14(20-2)16(11)21-3/h4-9,15,19H,1-3H3. The summed E-state index contributed by atoms with van der Waals surface area (Å²) in [7, 11) is 5.09. The summed E-state index contributed by atoms with van der Waals surface area (Å²) in [6.45, 7) is 0. The fourth-order valence-corrected chi connectivity index (χ4v) is 2.76. The van der Waals surface area contributed by atoms with Gasteiger partial charge in [0, 0.05) is 15.6 Å². The van der Waals surface area contributed by atoms with Crippen molar-refractivity contribution in [1.29, 1.82) is 0 Å². The van der Waals surface area contributed by atoms with E-state index < -0.39 is 0 Å². The molecule has 1 atom stereocenters. The molecule has 0 aromatic heterocycles. The number of methoxy groups -OCH3 is 2. The van der Waals surface area contributed by atoms with Gasteiger partial charge in [0.25, 0.3) is 0 Å². The van der Waals surface area contributed by atoms with Gasteiger partial charge in [0.15, 0.2) is 11.5 Å². The largest absolute Gasteiger partial charge is 0.493 e. The first kappa shape index (κ1) is 16.0. The van der Waals surface area contributed by atoms with E-state index in [4.69, 9.17) is 32.7 Å². The fraction of sp³-hybridized carbons (Fsp3) is 0.250. The Morgan fingerprint density at radius 3 is 2.38 bits per heavy atom. The predicted octanol–water partition coefficient (Wildman–Crippen LogP) is 4.32. The van der Waals surface area contributed by atoms with Crippen molar-refractivity contribution >= 4 is 23.2 Å². The Kier molecular flexibility index (Phi) is 5.34. The molecule has 0 bridgehead atoms. The van der Waals surface area contributed by atoms with Crippen LogP contribution in [0.15, 0.2) is 36.4 Å². The maximum absolute atomic E-state index is 6.32. The quantitative estimate of drug-likeness (QED) is 0.888. The lowest BCUT2D eigenvalue weighted by Gasteiger charge is -2.22. The molecule has 1 N–H and O–H groups in total. The number of hydrogen-bond acceptors (Lipinski definition) is 3. The third-order valence-electron chi connectivity index (χ3n) is 3.30. The van der Waals surface area contributed by atoms with Crippen LogP contribution in [0.25, 0.3) is 0 Å². The molecule has 0 aliphatic rings. The van der Waals surface area contributed by atoms with Crippen molar-refractivity contribution < 1.29 is 9.47 Å². The van der Waals surface area contributed by atoms with Gasteiger partial charge in [-0.1, -0.05) is 35.3 Å². The SMILES string of the molecule is CNC(c1cc(Cl)ccc1Cl)c1cccc(OC)c1OC. The number of para-hydroxylation sites is 1. The monoisotopic (exact) mass is 325 g/mol. The van der Waals surface area contributed by atoms with Crippen molar-refractivity contribution in [1.82, 2.24) is 5.32 Å². The molecule has 112 valence electrons. The van der Waals surface area contributed by atoms with Gasteiger partial charge < -0.3 is 14.8 Å². The van der Waals surface area contributed by atoms with Crippen LogP contribution in [-0.4, -0.2) is 21.3 Å². The zero-order valence-electron chi connectivity index (χ0n) is 12.1. The second kappa shape index (κ2) is 7.03. The fourth-order valence-electron chi connectivity index (χ4n) is 2.35. The van der Waals surface area contributed by atoms with Gasteiger partial charge in [-0.2, -0.15) is 0 Å². The van der Waals surface area contributed by atoms with E-state index in [1.54, 1.807) is 26.4 Å². The average Bonchev–Trinajstić information content (AvgIpc) is 2.51. The zero-order chi connectivity index (χ0) is 15.4. The van der Waals surface area contributed by atoms with Crippen LogP contribution in [0.2, 0.25) is 10.0 Å². The molecular formula is C16H17Cl2NO2. The van der Waals surface area contributed by atoms with Crippen molar-refractivity contribution in [2.45, 2.75) is 6.04 Å². The molecule has 0 aliphatic heterocycles. The third kappa shape index (κ3) is 3.26. The number of rotatable bonds is 5. The highest BCUT2D eigenvalue weighted by Gasteiger charge is 2.21. The maximum Gasteiger partial charge on any atom is 0.165 e. The Balaban J connectivity index is 2.59. The third-order valence-corrected chi connectivity index (χ3v) is 3.88. The second-order valence-corrected chi connectivity index (χ2v) is 5.31. The molecular weight excluding hydrogens is 309 g/mol. The van der Waals surface area contributed by atoms with E-state index in [0.29, 0.717) is 21.5 Å². The highest BCUT2D eigenvalue weighted by Crippen LogP contribution is 2.39. The highest BCUT2D eigenvalue weighted by atomic mass is 35.5. The predicted molar refractivity (Wildman–Crippen MR) is 86.9 cm³/mol. The van der Waals surface area contributed by atoms with E-state index in [2.05, 4.69) is 5.32 Å². The smallest absolute Gasteiger partial charge is 0.165 e. The normalized spacial score (nSPS) is 12.0. The average molecular weight is 326 g/mol. The Labute approximate surface area is 134 Å². The minimum Gasteiger partial charge on any atom is -0.493 e. The van der Waals surface area contributed by atoms with Gasteiger partial charge in [-0.05, 0) is 36.9 Å². The lowest BCUT2D eigenvalue weighted by molar-refractivity contribution is 0.349. The summed E-state index contributed by atoms with van der Waals surface area (Å²) in [4.78, 5) is 0. The summed E-state index contributed by atoms with van der Waals surface area (Å²) in [6, 6.07) is 11.0. The summed E-state index contributed by atoms with van der Waals surface area (Å²) in [5, 5.41) is 4.53. The summed E-state index contributed by atoms with van der Waals surface area (Å²) in [5.74, 6) is 1.35. The van der Waals surface area contributed by atoms with Crippen LogP contribution in [0.4, 0.5) is 0 Å². The van der Waals surface area contributed by atoms with Crippen LogP contribution >= 0.6 is 23.2 Å². The molecule has 0 fully saturated rings. The molecule has 0 spiro atoms. The van der Waals surface area contributed by atoms with E-state index in [9.17, 15) is 0 Å². The van der Waals surface area contributed by atoms with Crippen LogP contribution in [0.5, 0.6) is 11.5 Å². The van der Waals surface area contributed by atoms with Crippen molar-refractivity contribution in [2.75, 3.05) is 21.3 Å². The van der Waals surface area contributed by atoms with Crippen LogP contribution in [0.3, 0.4) is 0 Å². The van der Waals surface area contributed by atoms with E-state index in [-0.39, 0.29) is 6.04 Å². The lowest BCUT2D eigenvalue weighted by Crippen LogP contribution is -2.19. The number of benzene rings is 2. The summed E-state index contributed by atoms with van der Waals surface area (Å²) >= 11 is 12.4. The minimum atomic E-state index is -0.152. The molecule has 0 heterocycles. The van der Waals surface area contributed by atoms with Gasteiger partial charge in [-0.15, -0.1) is 0 Å². The zero-order valence-corrected chi connectivity index (χ0v) is 13.6. The molecule has 2 rings (SSSR count). The van der Waals surface area contributed by atoms with Crippen molar-refractivity contribution in [3.8, 4) is 11.5 Å². The van der Waals surface area contributed by atoms with Crippen molar-refractivity contribution in [3.05, 3.63) is 57.6 Å². The van der Waals surface area contributed by atoms with Gasteiger partial charge in [0.2, 0.25) is 0 Å². The minimum absolute atomic E-state index is 0.152. The van der Waals surface area contributed by atoms with Crippen molar-refractivity contribution in [3.63, 3.8) is 0 Å². The van der Waals surface area contributed by atoms with E-state index >= 15 is 0 Å². The lowest BCUT2D eigenvalue weighted by atomic mass is 9.97. The Morgan fingerprint density at radius 2 is 1.76 bits per heavy atom. The Bertz CT molecular complexity index is 632. The van der Waals surface area contributed by atoms with Crippen LogP contribution in [0.1, 0.15) is 17.2 Å². The molecule has 21 heavy (non-hydrogen) atoms. The number of hydrogen-bond donors (Lipinski definition) is 1. The number of nitrogens with one attached hydrogen (secondary N) is 1. The van der Waals surface area contributed by atoms with Crippen LogP contribution in [-0.2, 0) is 0 Å². The summed E-state index contributed by atoms with van der Waals surface area (Å²) < 4.78 is 10.9.